The second-order valence-corrected chi connectivity index (χ2v) is 7.23. The quantitative estimate of drug-likeness (QED) is 0.696. The Kier molecular flexibility index (Phi) is 7.41. The van der Waals surface area contributed by atoms with Gasteiger partial charge in [0.2, 0.25) is 0 Å². The minimum Gasteiger partial charge on any atom is -0.497 e. The molecule has 0 fully saturated rings. The van der Waals surface area contributed by atoms with Gasteiger partial charge in [-0.2, -0.15) is 0 Å². The lowest BCUT2D eigenvalue weighted by Crippen LogP contribution is -2.44. The molecule has 0 aliphatic carbocycles. The molecule has 0 bridgehead atoms. The van der Waals surface area contributed by atoms with Gasteiger partial charge in [0, 0.05) is 26.2 Å². The average Bonchev–Trinajstić information content (AvgIpc) is 2.78. The third kappa shape index (κ3) is 4.97. The van der Waals surface area contributed by atoms with Gasteiger partial charge in [-0.3, -0.25) is 4.90 Å². The summed E-state index contributed by atoms with van der Waals surface area (Å²) in [5, 5.41) is 5.81. The molecule has 2 N–H and O–H groups in total. The number of urea groups is 1. The predicted octanol–water partition coefficient (Wildman–Crippen LogP) is 3.13. The van der Waals surface area contributed by atoms with Gasteiger partial charge in [0.05, 0.1) is 27.4 Å². The topological polar surface area (TPSA) is 72.1 Å². The first-order valence-electron chi connectivity index (χ1n) is 10.2. The molecule has 162 valence electrons. The van der Waals surface area contributed by atoms with Crippen LogP contribution >= 0.6 is 0 Å². The van der Waals surface area contributed by atoms with Gasteiger partial charge in [0.15, 0.2) is 11.5 Å². The molecule has 7 nitrogen and oxygen atoms in total. The minimum absolute atomic E-state index is 0.0262. The van der Waals surface area contributed by atoms with Crippen molar-refractivity contribution < 1.29 is 19.0 Å². The van der Waals surface area contributed by atoms with E-state index in [1.807, 2.05) is 25.1 Å². The molecule has 0 radical (unpaired) electrons. The number of carbonyl (C=O) groups is 1. The van der Waals surface area contributed by atoms with Crippen LogP contribution in [0.1, 0.15) is 29.7 Å². The van der Waals surface area contributed by atoms with E-state index in [-0.39, 0.29) is 12.1 Å². The van der Waals surface area contributed by atoms with Crippen LogP contribution in [0.4, 0.5) is 4.79 Å². The van der Waals surface area contributed by atoms with Crippen LogP contribution in [0, 0.1) is 0 Å². The highest BCUT2D eigenvalue weighted by molar-refractivity contribution is 5.73. The number of hydrogen-bond acceptors (Lipinski definition) is 5. The van der Waals surface area contributed by atoms with Crippen molar-refractivity contribution in [3.8, 4) is 17.2 Å². The van der Waals surface area contributed by atoms with E-state index in [1.165, 1.54) is 11.1 Å². The van der Waals surface area contributed by atoms with Crippen molar-refractivity contribution in [2.45, 2.75) is 25.9 Å². The van der Waals surface area contributed by atoms with Crippen LogP contribution in [0.2, 0.25) is 0 Å². The molecule has 0 saturated heterocycles. The molecular weight excluding hydrogens is 382 g/mol. The molecule has 2 amide bonds. The van der Waals surface area contributed by atoms with Crippen molar-refractivity contribution in [2.24, 2.45) is 0 Å². The smallest absolute Gasteiger partial charge is 0.314 e. The number of carbonyl (C=O) groups excluding carboxylic acids is 1. The first-order chi connectivity index (χ1) is 14.6. The van der Waals surface area contributed by atoms with E-state index in [0.717, 1.165) is 36.6 Å². The number of methoxy groups -OCH3 is 3. The van der Waals surface area contributed by atoms with E-state index in [2.05, 4.69) is 33.7 Å². The molecule has 2 aromatic carbocycles. The molecule has 1 unspecified atom stereocenters. The number of benzene rings is 2. The van der Waals surface area contributed by atoms with E-state index in [0.29, 0.717) is 18.8 Å². The van der Waals surface area contributed by atoms with Crippen molar-refractivity contribution in [3.05, 3.63) is 53.1 Å². The molecule has 3 rings (SSSR count). The normalized spacial score (nSPS) is 15.8. The zero-order valence-corrected chi connectivity index (χ0v) is 18.2. The van der Waals surface area contributed by atoms with Crippen LogP contribution in [0.15, 0.2) is 36.4 Å². The number of nitrogens with one attached hydrogen (secondary N) is 2. The Balaban J connectivity index is 1.88. The number of fused-ring (bicyclic) bond motifs is 1. The maximum atomic E-state index is 12.1. The van der Waals surface area contributed by atoms with Gasteiger partial charge in [0.1, 0.15) is 5.75 Å². The van der Waals surface area contributed by atoms with Gasteiger partial charge < -0.3 is 24.8 Å². The van der Waals surface area contributed by atoms with Crippen LogP contribution in [0.5, 0.6) is 17.2 Å². The second-order valence-electron chi connectivity index (χ2n) is 7.23. The number of hydrogen-bond donors (Lipinski definition) is 2. The fraction of sp³-hybridized carbons (Fsp3) is 0.435. The Morgan fingerprint density at radius 2 is 1.73 bits per heavy atom. The first-order valence-corrected chi connectivity index (χ1v) is 10.2. The maximum absolute atomic E-state index is 12.1. The summed E-state index contributed by atoms with van der Waals surface area (Å²) < 4.78 is 16.3. The zero-order chi connectivity index (χ0) is 21.5. The van der Waals surface area contributed by atoms with Crippen LogP contribution in [-0.2, 0) is 13.0 Å². The maximum Gasteiger partial charge on any atom is 0.314 e. The Labute approximate surface area is 178 Å². The Morgan fingerprint density at radius 3 is 2.37 bits per heavy atom. The van der Waals surface area contributed by atoms with Gasteiger partial charge in [-0.25, -0.2) is 4.79 Å². The Hall–Kier alpha value is -2.93. The molecule has 7 heteroatoms. The van der Waals surface area contributed by atoms with Gasteiger partial charge in [-0.15, -0.1) is 0 Å². The van der Waals surface area contributed by atoms with Crippen LogP contribution in [0.25, 0.3) is 0 Å². The number of nitrogens with zero attached hydrogens (tertiary/aromatic N) is 1. The predicted molar refractivity (Wildman–Crippen MR) is 116 cm³/mol. The number of rotatable bonds is 8. The summed E-state index contributed by atoms with van der Waals surface area (Å²) >= 11 is 0. The lowest BCUT2D eigenvalue weighted by molar-refractivity contribution is 0.170. The zero-order valence-electron chi connectivity index (χ0n) is 18.2. The standard InChI is InChI=1S/C23H31N3O4/c1-5-24-23(27)25-14-20-19-13-22(30-4)21(29-3)12-17(19)10-11-26(20)15-16-6-8-18(28-2)9-7-16/h6-9,12-13,20H,5,10-11,14-15H2,1-4H3,(H2,24,25,27). The fourth-order valence-electron chi connectivity index (χ4n) is 3.89. The molecule has 0 spiro atoms. The molecule has 1 aliphatic rings. The number of amides is 2. The second kappa shape index (κ2) is 10.2. The third-order valence-electron chi connectivity index (χ3n) is 5.45. The molecule has 2 aromatic rings. The Morgan fingerprint density at radius 1 is 1.03 bits per heavy atom. The minimum atomic E-state index is -0.158. The highest BCUT2D eigenvalue weighted by atomic mass is 16.5. The van der Waals surface area contributed by atoms with Crippen molar-refractivity contribution >= 4 is 6.03 Å². The summed E-state index contributed by atoms with van der Waals surface area (Å²) in [5.41, 5.74) is 3.58. The summed E-state index contributed by atoms with van der Waals surface area (Å²) in [6, 6.07) is 12.1. The molecule has 0 aromatic heterocycles. The van der Waals surface area contributed by atoms with E-state index < -0.39 is 0 Å². The molecule has 1 atom stereocenters. The van der Waals surface area contributed by atoms with Crippen molar-refractivity contribution in [2.75, 3.05) is 41.0 Å². The highest BCUT2D eigenvalue weighted by Gasteiger charge is 2.29. The molecule has 1 aliphatic heterocycles. The monoisotopic (exact) mass is 413 g/mol. The molecular formula is C23H31N3O4. The van der Waals surface area contributed by atoms with E-state index in [4.69, 9.17) is 14.2 Å². The summed E-state index contributed by atoms with van der Waals surface area (Å²) in [7, 11) is 4.96. The van der Waals surface area contributed by atoms with Crippen LogP contribution in [0.3, 0.4) is 0 Å². The molecule has 30 heavy (non-hydrogen) atoms. The third-order valence-corrected chi connectivity index (χ3v) is 5.45. The largest absolute Gasteiger partial charge is 0.497 e. The average molecular weight is 414 g/mol. The molecule has 0 saturated carbocycles. The van der Waals surface area contributed by atoms with E-state index in [9.17, 15) is 4.79 Å². The molecule has 1 heterocycles. The van der Waals surface area contributed by atoms with E-state index in [1.54, 1.807) is 21.3 Å². The summed E-state index contributed by atoms with van der Waals surface area (Å²) in [4.78, 5) is 14.4. The first kappa shape index (κ1) is 21.8. The number of ether oxygens (including phenoxy) is 3. The van der Waals surface area contributed by atoms with Crippen LogP contribution in [-0.4, -0.2) is 51.9 Å². The van der Waals surface area contributed by atoms with Crippen LogP contribution < -0.4 is 24.8 Å². The summed E-state index contributed by atoms with van der Waals surface area (Å²) in [6.45, 7) is 4.66. The van der Waals surface area contributed by atoms with Gasteiger partial charge in [-0.05, 0) is 54.3 Å². The van der Waals surface area contributed by atoms with Gasteiger partial charge in [0.25, 0.3) is 0 Å². The van der Waals surface area contributed by atoms with Gasteiger partial charge in [-0.1, -0.05) is 12.1 Å². The fourth-order valence-corrected chi connectivity index (χ4v) is 3.89. The lowest BCUT2D eigenvalue weighted by Gasteiger charge is -2.38. The van der Waals surface area contributed by atoms with Crippen molar-refractivity contribution in [1.29, 1.82) is 0 Å². The van der Waals surface area contributed by atoms with Crippen molar-refractivity contribution in [3.63, 3.8) is 0 Å². The van der Waals surface area contributed by atoms with Gasteiger partial charge >= 0.3 is 6.03 Å². The summed E-state index contributed by atoms with van der Waals surface area (Å²) in [6.07, 6.45) is 0.906. The van der Waals surface area contributed by atoms with Crippen molar-refractivity contribution in [1.82, 2.24) is 15.5 Å². The SMILES string of the molecule is CCNC(=O)NCC1c2cc(OC)c(OC)cc2CCN1Cc1ccc(OC)cc1. The lowest BCUT2D eigenvalue weighted by atomic mass is 9.91. The Bertz CT molecular complexity index is 854. The highest BCUT2D eigenvalue weighted by Crippen LogP contribution is 2.38. The summed E-state index contributed by atoms with van der Waals surface area (Å²) in [5.74, 6) is 2.27. The van der Waals surface area contributed by atoms with E-state index >= 15 is 0 Å².